The molecule has 1 saturated heterocycles. The molecule has 4 nitrogen and oxygen atoms in total. The summed E-state index contributed by atoms with van der Waals surface area (Å²) in [6.45, 7) is 0.137. The summed E-state index contributed by atoms with van der Waals surface area (Å²) in [6.07, 6.45) is -4.40. The van der Waals surface area contributed by atoms with Gasteiger partial charge in [0.05, 0.1) is 11.3 Å². The van der Waals surface area contributed by atoms with Crippen molar-refractivity contribution in [3.8, 4) is 0 Å². The SMILES string of the molecule is O=C(Nc1cccc(C(F)(F)F)c1)[C@@H]1CCN(c2ccc(Br)cc2F)C1=O. The maximum atomic E-state index is 14.1. The van der Waals surface area contributed by atoms with E-state index in [0.717, 1.165) is 17.0 Å². The number of benzene rings is 2. The molecule has 142 valence electrons. The van der Waals surface area contributed by atoms with Crippen molar-refractivity contribution in [2.24, 2.45) is 5.92 Å². The van der Waals surface area contributed by atoms with E-state index in [1.54, 1.807) is 6.07 Å². The summed E-state index contributed by atoms with van der Waals surface area (Å²) in [5, 5.41) is 2.33. The topological polar surface area (TPSA) is 49.4 Å². The number of amides is 2. The molecular weight excluding hydrogens is 432 g/mol. The number of carbonyl (C=O) groups excluding carboxylic acids is 2. The first-order valence-corrected chi connectivity index (χ1v) is 8.70. The molecule has 2 aromatic carbocycles. The molecule has 9 heteroatoms. The Hall–Kier alpha value is -2.42. The van der Waals surface area contributed by atoms with E-state index in [-0.39, 0.29) is 24.3 Å². The second kappa shape index (κ2) is 7.30. The molecule has 1 N–H and O–H groups in total. The molecule has 3 rings (SSSR count). The van der Waals surface area contributed by atoms with Crippen LogP contribution in [0.4, 0.5) is 28.9 Å². The predicted molar refractivity (Wildman–Crippen MR) is 94.6 cm³/mol. The van der Waals surface area contributed by atoms with Crippen LogP contribution in [0.1, 0.15) is 12.0 Å². The van der Waals surface area contributed by atoms with E-state index in [9.17, 15) is 27.2 Å². The maximum Gasteiger partial charge on any atom is 0.416 e. The van der Waals surface area contributed by atoms with Crippen molar-refractivity contribution in [2.75, 3.05) is 16.8 Å². The monoisotopic (exact) mass is 444 g/mol. The average Bonchev–Trinajstić information content (AvgIpc) is 2.96. The Morgan fingerprint density at radius 1 is 1.19 bits per heavy atom. The van der Waals surface area contributed by atoms with Crippen LogP contribution in [-0.4, -0.2) is 18.4 Å². The molecule has 2 amide bonds. The molecule has 0 unspecified atom stereocenters. The first kappa shape index (κ1) is 19.3. The van der Waals surface area contributed by atoms with Crippen molar-refractivity contribution >= 4 is 39.1 Å². The van der Waals surface area contributed by atoms with Crippen LogP contribution >= 0.6 is 15.9 Å². The summed E-state index contributed by atoms with van der Waals surface area (Å²) in [5.74, 6) is -3.03. The summed E-state index contributed by atoms with van der Waals surface area (Å²) < 4.78 is 52.9. The van der Waals surface area contributed by atoms with Crippen LogP contribution in [0, 0.1) is 11.7 Å². The summed E-state index contributed by atoms with van der Waals surface area (Å²) in [4.78, 5) is 26.0. The number of nitrogens with zero attached hydrogens (tertiary/aromatic N) is 1. The standard InChI is InChI=1S/C18H13BrF4N2O2/c19-11-4-5-15(14(20)9-11)25-7-6-13(17(25)27)16(26)24-12-3-1-2-10(8-12)18(21,22)23/h1-5,8-9,13H,6-7H2,(H,24,26)/t13-/m0/s1. The summed E-state index contributed by atoms with van der Waals surface area (Å²) in [5.41, 5.74) is -0.912. The lowest BCUT2D eigenvalue weighted by Crippen LogP contribution is -2.33. The zero-order valence-corrected chi connectivity index (χ0v) is 15.3. The van der Waals surface area contributed by atoms with Gasteiger partial charge in [-0.25, -0.2) is 4.39 Å². The fraction of sp³-hybridized carbons (Fsp3) is 0.222. The largest absolute Gasteiger partial charge is 0.416 e. The lowest BCUT2D eigenvalue weighted by Gasteiger charge is -2.18. The van der Waals surface area contributed by atoms with Crippen molar-refractivity contribution in [3.63, 3.8) is 0 Å². The molecule has 27 heavy (non-hydrogen) atoms. The number of nitrogens with one attached hydrogen (secondary N) is 1. The minimum absolute atomic E-state index is 0.0533. The Kier molecular flexibility index (Phi) is 5.23. The quantitative estimate of drug-likeness (QED) is 0.555. The third kappa shape index (κ3) is 4.13. The van der Waals surface area contributed by atoms with Crippen LogP contribution in [0.3, 0.4) is 0 Å². The van der Waals surface area contributed by atoms with E-state index < -0.39 is 35.3 Å². The van der Waals surface area contributed by atoms with Crippen molar-refractivity contribution in [1.29, 1.82) is 0 Å². The van der Waals surface area contributed by atoms with Crippen LogP contribution in [-0.2, 0) is 15.8 Å². The first-order chi connectivity index (χ1) is 12.7. The Balaban J connectivity index is 1.74. The molecule has 0 spiro atoms. The predicted octanol–water partition coefficient (Wildman–Crippen LogP) is 4.60. The number of halogens is 5. The van der Waals surface area contributed by atoms with E-state index in [2.05, 4.69) is 21.2 Å². The Bertz CT molecular complexity index is 901. The zero-order valence-electron chi connectivity index (χ0n) is 13.7. The van der Waals surface area contributed by atoms with Gasteiger partial charge in [-0.3, -0.25) is 9.59 Å². The molecule has 0 radical (unpaired) electrons. The molecule has 2 aromatic rings. The van der Waals surface area contributed by atoms with E-state index in [1.165, 1.54) is 24.3 Å². The van der Waals surface area contributed by atoms with Gasteiger partial charge in [-0.2, -0.15) is 13.2 Å². The number of hydrogen-bond donors (Lipinski definition) is 1. The molecule has 1 fully saturated rings. The van der Waals surface area contributed by atoms with Gasteiger partial charge in [0, 0.05) is 16.7 Å². The third-order valence-corrected chi connectivity index (χ3v) is 4.67. The highest BCUT2D eigenvalue weighted by Gasteiger charge is 2.39. The van der Waals surface area contributed by atoms with Gasteiger partial charge >= 0.3 is 6.18 Å². The van der Waals surface area contributed by atoms with Gasteiger partial charge in [0.25, 0.3) is 0 Å². The molecule has 0 aromatic heterocycles. The van der Waals surface area contributed by atoms with E-state index >= 15 is 0 Å². The van der Waals surface area contributed by atoms with Gasteiger partial charge in [-0.15, -0.1) is 0 Å². The molecular formula is C18H13BrF4N2O2. The Labute approximate surface area is 160 Å². The Morgan fingerprint density at radius 3 is 2.59 bits per heavy atom. The van der Waals surface area contributed by atoms with E-state index in [4.69, 9.17) is 0 Å². The minimum atomic E-state index is -4.54. The van der Waals surface area contributed by atoms with Gasteiger partial charge in [0.1, 0.15) is 11.7 Å². The molecule has 1 aliphatic rings. The number of carbonyl (C=O) groups is 2. The average molecular weight is 445 g/mol. The maximum absolute atomic E-state index is 14.1. The van der Waals surface area contributed by atoms with Gasteiger partial charge in [-0.05, 0) is 42.8 Å². The minimum Gasteiger partial charge on any atom is -0.325 e. The molecule has 1 atom stereocenters. The molecule has 0 saturated carbocycles. The van der Waals surface area contributed by atoms with Gasteiger partial charge < -0.3 is 10.2 Å². The first-order valence-electron chi connectivity index (χ1n) is 7.91. The zero-order chi connectivity index (χ0) is 19.8. The van der Waals surface area contributed by atoms with Crippen LogP contribution < -0.4 is 10.2 Å². The second-order valence-electron chi connectivity index (χ2n) is 5.99. The highest BCUT2D eigenvalue weighted by Crippen LogP contribution is 2.32. The summed E-state index contributed by atoms with van der Waals surface area (Å²) >= 11 is 3.12. The molecule has 0 aliphatic carbocycles. The smallest absolute Gasteiger partial charge is 0.325 e. The van der Waals surface area contributed by atoms with Crippen LogP contribution in [0.15, 0.2) is 46.9 Å². The van der Waals surface area contributed by atoms with Crippen molar-refractivity contribution in [2.45, 2.75) is 12.6 Å². The normalized spacial score (nSPS) is 17.3. The number of anilines is 2. The summed E-state index contributed by atoms with van der Waals surface area (Å²) in [7, 11) is 0. The van der Waals surface area contributed by atoms with Crippen LogP contribution in [0.25, 0.3) is 0 Å². The van der Waals surface area contributed by atoms with Crippen LogP contribution in [0.5, 0.6) is 0 Å². The van der Waals surface area contributed by atoms with Crippen molar-refractivity contribution < 1.29 is 27.2 Å². The van der Waals surface area contributed by atoms with E-state index in [0.29, 0.717) is 4.47 Å². The highest BCUT2D eigenvalue weighted by molar-refractivity contribution is 9.10. The molecule has 0 bridgehead atoms. The van der Waals surface area contributed by atoms with Gasteiger partial charge in [-0.1, -0.05) is 22.0 Å². The lowest BCUT2D eigenvalue weighted by molar-refractivity contribution is -0.137. The van der Waals surface area contributed by atoms with Gasteiger partial charge in [0.15, 0.2) is 0 Å². The number of hydrogen-bond acceptors (Lipinski definition) is 2. The fourth-order valence-electron chi connectivity index (χ4n) is 2.87. The van der Waals surface area contributed by atoms with Crippen LogP contribution in [0.2, 0.25) is 0 Å². The Morgan fingerprint density at radius 2 is 1.93 bits per heavy atom. The number of alkyl halides is 3. The van der Waals surface area contributed by atoms with Gasteiger partial charge in [0.2, 0.25) is 11.8 Å². The second-order valence-corrected chi connectivity index (χ2v) is 6.91. The molecule has 1 heterocycles. The van der Waals surface area contributed by atoms with Crippen molar-refractivity contribution in [3.05, 3.63) is 58.3 Å². The lowest BCUT2D eigenvalue weighted by atomic mass is 10.1. The van der Waals surface area contributed by atoms with E-state index in [1.807, 2.05) is 0 Å². The molecule has 1 aliphatic heterocycles. The summed E-state index contributed by atoms with van der Waals surface area (Å²) in [6, 6.07) is 8.35. The number of rotatable bonds is 3. The third-order valence-electron chi connectivity index (χ3n) is 4.18. The highest BCUT2D eigenvalue weighted by atomic mass is 79.9. The van der Waals surface area contributed by atoms with Crippen molar-refractivity contribution in [1.82, 2.24) is 0 Å². The fourth-order valence-corrected chi connectivity index (χ4v) is 3.20.